The Morgan fingerprint density at radius 3 is 2.62 bits per heavy atom. The van der Waals surface area contributed by atoms with E-state index in [2.05, 4.69) is 10.2 Å². The molecule has 2 aromatic rings. The first kappa shape index (κ1) is 17.8. The topological polar surface area (TPSA) is 92.3 Å². The van der Waals surface area contributed by atoms with Crippen molar-refractivity contribution in [1.29, 1.82) is 5.26 Å². The van der Waals surface area contributed by atoms with Crippen molar-refractivity contribution in [2.75, 3.05) is 11.4 Å². The average Bonchev–Trinajstić information content (AvgIpc) is 3.17. The fourth-order valence-corrected chi connectivity index (χ4v) is 2.23. The molecule has 126 valence electrons. The molecule has 1 unspecified atom stereocenters. The summed E-state index contributed by atoms with van der Waals surface area (Å²) in [6, 6.07) is 6.84. The third-order valence-corrected chi connectivity index (χ3v) is 3.53. The number of benzene rings is 1. The molecule has 24 heavy (non-hydrogen) atoms. The predicted molar refractivity (Wildman–Crippen MR) is 87.8 cm³/mol. The van der Waals surface area contributed by atoms with Crippen molar-refractivity contribution < 1.29 is 13.9 Å². The maximum atomic E-state index is 11.4. The van der Waals surface area contributed by atoms with Gasteiger partial charge in [0, 0.05) is 11.6 Å². The number of aromatic nitrogens is 2. The number of cyclic esters (lactones) is 1. The molecule has 8 heteroatoms. The fraction of sp³-hybridized carbons (Fsp3) is 0.375. The van der Waals surface area contributed by atoms with E-state index in [9.17, 15) is 4.79 Å². The van der Waals surface area contributed by atoms with Crippen LogP contribution in [0.1, 0.15) is 38.1 Å². The minimum absolute atomic E-state index is 0.123. The van der Waals surface area contributed by atoms with Gasteiger partial charge in [0.25, 0.3) is 0 Å². The summed E-state index contributed by atoms with van der Waals surface area (Å²) in [6.45, 7) is 6.34. The van der Waals surface area contributed by atoms with E-state index in [1.165, 1.54) is 11.3 Å². The number of nitrogens with zero attached hydrogens (tertiary/aromatic N) is 4. The molecule has 0 N–H and O–H groups in total. The van der Waals surface area contributed by atoms with E-state index < -0.39 is 0 Å². The molecule has 1 aliphatic rings. The number of anilines is 1. The Kier molecular flexibility index (Phi) is 5.77. The Balaban J connectivity index is 0.000000219. The molecule has 1 amide bonds. The smallest absolute Gasteiger partial charge is 0.414 e. The van der Waals surface area contributed by atoms with Crippen molar-refractivity contribution in [2.45, 2.75) is 32.8 Å². The van der Waals surface area contributed by atoms with Crippen LogP contribution in [0.3, 0.4) is 0 Å². The molecule has 3 rings (SSSR count). The summed E-state index contributed by atoms with van der Waals surface area (Å²) in [6.07, 6.45) is 0.838. The number of amides is 1. The maximum absolute atomic E-state index is 11.4. The third-order valence-electron chi connectivity index (χ3n) is 3.22. The third kappa shape index (κ3) is 4.24. The number of nitriles is 1. The predicted octanol–water partition coefficient (Wildman–Crippen LogP) is 3.75. The summed E-state index contributed by atoms with van der Waals surface area (Å²) in [5, 5.41) is 16.3. The van der Waals surface area contributed by atoms with Crippen LogP contribution < -0.4 is 4.90 Å². The van der Waals surface area contributed by atoms with Crippen molar-refractivity contribution >= 4 is 23.4 Å². The van der Waals surface area contributed by atoms with E-state index in [0.29, 0.717) is 34.6 Å². The Morgan fingerprint density at radius 2 is 2.21 bits per heavy atom. The van der Waals surface area contributed by atoms with Gasteiger partial charge in [-0.1, -0.05) is 25.4 Å². The van der Waals surface area contributed by atoms with E-state index in [1.54, 1.807) is 18.2 Å². The van der Waals surface area contributed by atoms with Gasteiger partial charge in [-0.3, -0.25) is 4.90 Å². The summed E-state index contributed by atoms with van der Waals surface area (Å²) in [4.78, 5) is 12.9. The molecule has 2 heterocycles. The lowest BCUT2D eigenvalue weighted by molar-refractivity contribution is 0.150. The molecular weight excluding hydrogens is 332 g/mol. The summed E-state index contributed by atoms with van der Waals surface area (Å²) >= 11 is 5.89. The largest absolute Gasteiger partial charge is 0.444 e. The van der Waals surface area contributed by atoms with Gasteiger partial charge in [0.05, 0.1) is 17.1 Å². The summed E-state index contributed by atoms with van der Waals surface area (Å²) in [5.74, 6) is 1.04. The Labute approximate surface area is 144 Å². The normalized spacial score (nSPS) is 16.4. The zero-order chi connectivity index (χ0) is 17.7. The molecule has 0 aliphatic carbocycles. The zero-order valence-corrected chi connectivity index (χ0v) is 14.3. The average molecular weight is 349 g/mol. The first-order valence-corrected chi connectivity index (χ1v) is 7.74. The van der Waals surface area contributed by atoms with E-state index in [0.717, 1.165) is 0 Å². The zero-order valence-electron chi connectivity index (χ0n) is 13.6. The van der Waals surface area contributed by atoms with Crippen LogP contribution in [-0.4, -0.2) is 28.9 Å². The molecule has 0 bridgehead atoms. The maximum Gasteiger partial charge on any atom is 0.414 e. The minimum Gasteiger partial charge on any atom is -0.444 e. The molecule has 0 saturated carbocycles. The minimum atomic E-state index is -0.381. The Bertz CT molecular complexity index is 740. The van der Waals surface area contributed by atoms with Gasteiger partial charge < -0.3 is 9.15 Å². The molecule has 7 nitrogen and oxygen atoms in total. The van der Waals surface area contributed by atoms with Gasteiger partial charge in [-0.15, -0.1) is 10.2 Å². The van der Waals surface area contributed by atoms with Crippen molar-refractivity contribution in [3.63, 3.8) is 0 Å². The van der Waals surface area contributed by atoms with Crippen molar-refractivity contribution in [1.82, 2.24) is 10.2 Å². The lowest BCUT2D eigenvalue weighted by atomic mass is 10.2. The SMILES string of the molecule is CC(C)c1nnco1.CC1CN(c2ccc(C#N)c(Cl)c2)C(=O)O1. The van der Waals surface area contributed by atoms with E-state index >= 15 is 0 Å². The standard InChI is InChI=1S/C11H9ClN2O2.C5H8N2O/c1-7-6-14(11(15)16-7)9-3-2-8(5-13)10(12)4-9;1-4(2)5-7-6-3-8-5/h2-4,7H,6H2,1H3;3-4H,1-2H3. The Morgan fingerprint density at radius 1 is 1.46 bits per heavy atom. The molecular formula is C16H17ClN4O3. The number of carbonyl (C=O) groups excluding carboxylic acids is 1. The lowest BCUT2D eigenvalue weighted by Gasteiger charge is -2.13. The highest BCUT2D eigenvalue weighted by Gasteiger charge is 2.29. The summed E-state index contributed by atoms with van der Waals surface area (Å²) < 4.78 is 9.88. The molecule has 1 fully saturated rings. The van der Waals surface area contributed by atoms with Gasteiger partial charge in [-0.2, -0.15) is 5.26 Å². The second-order valence-electron chi connectivity index (χ2n) is 5.51. The lowest BCUT2D eigenvalue weighted by Crippen LogP contribution is -2.23. The molecule has 1 aromatic carbocycles. The van der Waals surface area contributed by atoms with E-state index in [-0.39, 0.29) is 12.2 Å². The fourth-order valence-electron chi connectivity index (χ4n) is 2.01. The first-order chi connectivity index (χ1) is 11.4. The number of halogens is 1. The van der Waals surface area contributed by atoms with E-state index in [4.69, 9.17) is 26.0 Å². The van der Waals surface area contributed by atoms with Gasteiger partial charge >= 0.3 is 6.09 Å². The highest BCUT2D eigenvalue weighted by Crippen LogP contribution is 2.26. The Hall–Kier alpha value is -2.59. The van der Waals surface area contributed by atoms with Crippen LogP contribution in [0.25, 0.3) is 0 Å². The highest BCUT2D eigenvalue weighted by atomic mass is 35.5. The van der Waals surface area contributed by atoms with E-state index in [1.807, 2.05) is 26.8 Å². The molecule has 1 saturated heterocycles. The molecule has 0 radical (unpaired) electrons. The monoisotopic (exact) mass is 348 g/mol. The number of ether oxygens (including phenoxy) is 1. The highest BCUT2D eigenvalue weighted by molar-refractivity contribution is 6.32. The van der Waals surface area contributed by atoms with Crippen LogP contribution >= 0.6 is 11.6 Å². The van der Waals surface area contributed by atoms with Crippen LogP contribution in [0.4, 0.5) is 10.5 Å². The van der Waals surface area contributed by atoms with Gasteiger partial charge in [0.15, 0.2) is 0 Å². The van der Waals surface area contributed by atoms with Gasteiger partial charge in [-0.05, 0) is 25.1 Å². The number of hydrogen-bond donors (Lipinski definition) is 0. The molecule has 1 atom stereocenters. The van der Waals surface area contributed by atoms with Crippen LogP contribution in [0.15, 0.2) is 29.0 Å². The second-order valence-corrected chi connectivity index (χ2v) is 5.92. The van der Waals surface area contributed by atoms with Crippen LogP contribution in [0.5, 0.6) is 0 Å². The number of hydrogen-bond acceptors (Lipinski definition) is 6. The summed E-state index contributed by atoms with van der Waals surface area (Å²) in [5.41, 5.74) is 1.05. The quantitative estimate of drug-likeness (QED) is 0.820. The second kappa shape index (κ2) is 7.79. The van der Waals surface area contributed by atoms with Crippen molar-refractivity contribution in [2.24, 2.45) is 0 Å². The van der Waals surface area contributed by atoms with Gasteiger partial charge in [-0.25, -0.2) is 4.79 Å². The van der Waals surface area contributed by atoms with Crippen LogP contribution in [0.2, 0.25) is 5.02 Å². The molecule has 1 aromatic heterocycles. The van der Waals surface area contributed by atoms with Crippen LogP contribution in [-0.2, 0) is 4.74 Å². The number of rotatable bonds is 2. The molecule has 1 aliphatic heterocycles. The van der Waals surface area contributed by atoms with Crippen molar-refractivity contribution in [3.8, 4) is 6.07 Å². The van der Waals surface area contributed by atoms with Gasteiger partial charge in [0.1, 0.15) is 12.2 Å². The van der Waals surface area contributed by atoms with Crippen LogP contribution in [0, 0.1) is 11.3 Å². The molecule has 0 spiro atoms. The summed E-state index contributed by atoms with van der Waals surface area (Å²) in [7, 11) is 0. The number of carbonyl (C=O) groups is 1. The van der Waals surface area contributed by atoms with Gasteiger partial charge in [0.2, 0.25) is 12.3 Å². The first-order valence-electron chi connectivity index (χ1n) is 7.36. The van der Waals surface area contributed by atoms with Crippen molar-refractivity contribution in [3.05, 3.63) is 41.1 Å².